The molecule has 0 atom stereocenters. The highest BCUT2D eigenvalue weighted by atomic mass is 32.2. The zero-order chi connectivity index (χ0) is 17.9. The molecule has 1 aromatic heterocycles. The molecule has 4 rings (SSSR count). The van der Waals surface area contributed by atoms with Crippen LogP contribution in [0.5, 0.6) is 5.75 Å². The average Bonchev–Trinajstić information content (AvgIpc) is 3.26. The minimum atomic E-state index is -0.387. The molecule has 0 unspecified atom stereocenters. The number of hydrogen-bond donors (Lipinski definition) is 0. The van der Waals surface area contributed by atoms with E-state index in [9.17, 15) is 9.59 Å². The summed E-state index contributed by atoms with van der Waals surface area (Å²) in [5.41, 5.74) is 2.28. The summed E-state index contributed by atoms with van der Waals surface area (Å²) in [6, 6.07) is 14.4. The Bertz CT molecular complexity index is 919. The normalized spacial score (nSPS) is 14.2. The van der Waals surface area contributed by atoms with Gasteiger partial charge in [-0.1, -0.05) is 23.9 Å². The van der Waals surface area contributed by atoms with Gasteiger partial charge in [0.1, 0.15) is 17.0 Å². The van der Waals surface area contributed by atoms with Gasteiger partial charge in [0.05, 0.1) is 0 Å². The lowest BCUT2D eigenvalue weighted by Gasteiger charge is -2.15. The second-order valence-electron chi connectivity index (χ2n) is 5.85. The molecule has 6 nitrogen and oxygen atoms in total. The van der Waals surface area contributed by atoms with Crippen LogP contribution in [-0.2, 0) is 9.59 Å². The molecule has 2 aromatic carbocycles. The highest BCUT2D eigenvalue weighted by molar-refractivity contribution is 7.99. The topological polar surface area (TPSA) is 72.6 Å². The molecule has 2 heterocycles. The van der Waals surface area contributed by atoms with Gasteiger partial charge in [-0.05, 0) is 42.8 Å². The van der Waals surface area contributed by atoms with Crippen LogP contribution < -0.4 is 9.64 Å². The molecule has 1 fully saturated rings. The second-order valence-corrected chi connectivity index (χ2v) is 6.78. The molecule has 26 heavy (non-hydrogen) atoms. The van der Waals surface area contributed by atoms with Crippen LogP contribution in [0, 0.1) is 0 Å². The molecule has 1 aliphatic rings. The number of esters is 1. The number of hydrogen-bond acceptors (Lipinski definition) is 6. The Morgan fingerprint density at radius 3 is 2.73 bits per heavy atom. The lowest BCUT2D eigenvalue weighted by Crippen LogP contribution is -2.23. The van der Waals surface area contributed by atoms with Gasteiger partial charge in [-0.3, -0.25) is 9.59 Å². The van der Waals surface area contributed by atoms with Crippen LogP contribution in [0.2, 0.25) is 0 Å². The number of rotatable bonds is 5. The molecule has 132 valence electrons. The molecule has 0 N–H and O–H groups in total. The lowest BCUT2D eigenvalue weighted by molar-refractivity contribution is -0.131. The van der Waals surface area contributed by atoms with Gasteiger partial charge < -0.3 is 14.1 Å². The zero-order valence-electron chi connectivity index (χ0n) is 13.9. The number of thioether (sulfide) groups is 1. The van der Waals surface area contributed by atoms with Gasteiger partial charge in [-0.15, -0.1) is 0 Å². The summed E-state index contributed by atoms with van der Waals surface area (Å²) in [5, 5.41) is 0.436. The van der Waals surface area contributed by atoms with Crippen molar-refractivity contribution in [3.05, 3.63) is 48.5 Å². The summed E-state index contributed by atoms with van der Waals surface area (Å²) in [4.78, 5) is 29.8. The molecular formula is C19H16N2O4S. The van der Waals surface area contributed by atoms with Gasteiger partial charge in [0.25, 0.3) is 5.22 Å². The van der Waals surface area contributed by atoms with Gasteiger partial charge in [0.2, 0.25) is 5.91 Å². The number of carbonyl (C=O) groups excluding carboxylic acids is 2. The average molecular weight is 368 g/mol. The number of para-hydroxylation sites is 2. The first-order valence-corrected chi connectivity index (χ1v) is 9.27. The predicted molar refractivity (Wildman–Crippen MR) is 98.4 cm³/mol. The van der Waals surface area contributed by atoms with E-state index in [0.29, 0.717) is 23.0 Å². The number of fused-ring (bicyclic) bond motifs is 1. The van der Waals surface area contributed by atoms with Crippen molar-refractivity contribution in [3.8, 4) is 5.75 Å². The Kier molecular flexibility index (Phi) is 4.62. The number of nitrogens with zero attached hydrogens (tertiary/aromatic N) is 2. The Labute approximate surface area is 154 Å². The monoisotopic (exact) mass is 368 g/mol. The minimum Gasteiger partial charge on any atom is -0.431 e. The predicted octanol–water partition coefficient (Wildman–Crippen LogP) is 3.65. The maximum absolute atomic E-state index is 12.0. The smallest absolute Gasteiger partial charge is 0.321 e. The molecular weight excluding hydrogens is 352 g/mol. The van der Waals surface area contributed by atoms with Crippen molar-refractivity contribution >= 4 is 40.4 Å². The Hall–Kier alpha value is -2.80. The summed E-state index contributed by atoms with van der Waals surface area (Å²) >= 11 is 1.19. The molecule has 0 saturated carbocycles. The summed E-state index contributed by atoms with van der Waals surface area (Å²) in [5.74, 6) is 0.287. The third kappa shape index (κ3) is 3.57. The van der Waals surface area contributed by atoms with Crippen molar-refractivity contribution in [1.82, 2.24) is 4.98 Å². The van der Waals surface area contributed by atoms with Crippen LogP contribution in [0.25, 0.3) is 11.1 Å². The molecule has 1 saturated heterocycles. The second kappa shape index (κ2) is 7.21. The molecule has 7 heteroatoms. The number of aromatic nitrogens is 1. The van der Waals surface area contributed by atoms with E-state index in [4.69, 9.17) is 9.15 Å². The molecule has 0 radical (unpaired) electrons. The van der Waals surface area contributed by atoms with E-state index >= 15 is 0 Å². The van der Waals surface area contributed by atoms with Crippen molar-refractivity contribution in [3.63, 3.8) is 0 Å². The quantitative estimate of drug-likeness (QED) is 0.389. The number of carbonyl (C=O) groups is 2. The maximum Gasteiger partial charge on any atom is 0.321 e. The number of benzene rings is 2. The van der Waals surface area contributed by atoms with Gasteiger partial charge >= 0.3 is 5.97 Å². The van der Waals surface area contributed by atoms with E-state index in [1.54, 1.807) is 29.2 Å². The summed E-state index contributed by atoms with van der Waals surface area (Å²) in [7, 11) is 0. The third-order valence-corrected chi connectivity index (χ3v) is 4.84. The van der Waals surface area contributed by atoms with Crippen molar-refractivity contribution in [2.24, 2.45) is 0 Å². The van der Waals surface area contributed by atoms with Crippen LogP contribution in [0.3, 0.4) is 0 Å². The fourth-order valence-electron chi connectivity index (χ4n) is 2.81. The van der Waals surface area contributed by atoms with E-state index in [0.717, 1.165) is 24.2 Å². The highest BCUT2D eigenvalue weighted by Gasteiger charge is 2.21. The van der Waals surface area contributed by atoms with E-state index < -0.39 is 0 Å². The van der Waals surface area contributed by atoms with Crippen LogP contribution in [0.4, 0.5) is 5.69 Å². The molecule has 3 aromatic rings. The largest absolute Gasteiger partial charge is 0.431 e. The standard InChI is InChI=1S/C19H16N2O4S/c22-17-6-3-11-21(17)13-7-9-14(10-8-13)24-18(23)12-26-19-20-15-4-1-2-5-16(15)25-19/h1-2,4-5,7-10H,3,6,11-12H2. The Balaban J connectivity index is 1.33. The van der Waals surface area contributed by atoms with Gasteiger partial charge in [0.15, 0.2) is 5.58 Å². The van der Waals surface area contributed by atoms with E-state index in [2.05, 4.69) is 4.98 Å². The van der Waals surface area contributed by atoms with Crippen LogP contribution in [0.1, 0.15) is 12.8 Å². The number of amides is 1. The molecule has 0 aliphatic carbocycles. The van der Waals surface area contributed by atoms with E-state index in [1.807, 2.05) is 24.3 Å². The van der Waals surface area contributed by atoms with Gasteiger partial charge in [0, 0.05) is 18.7 Å². The van der Waals surface area contributed by atoms with E-state index in [-0.39, 0.29) is 17.6 Å². The summed E-state index contributed by atoms with van der Waals surface area (Å²) < 4.78 is 10.9. The van der Waals surface area contributed by atoms with Crippen molar-refractivity contribution in [2.45, 2.75) is 18.1 Å². The number of oxazole rings is 1. The fraction of sp³-hybridized carbons (Fsp3) is 0.211. The Morgan fingerprint density at radius 1 is 1.19 bits per heavy atom. The molecule has 1 aliphatic heterocycles. The van der Waals surface area contributed by atoms with Crippen LogP contribution >= 0.6 is 11.8 Å². The van der Waals surface area contributed by atoms with Gasteiger partial charge in [-0.2, -0.15) is 0 Å². The SMILES string of the molecule is O=C(CSc1nc2ccccc2o1)Oc1ccc(N2CCCC2=O)cc1. The number of ether oxygens (including phenoxy) is 1. The fourth-order valence-corrected chi connectivity index (χ4v) is 3.42. The van der Waals surface area contributed by atoms with Crippen LogP contribution in [0.15, 0.2) is 58.2 Å². The Morgan fingerprint density at radius 2 is 2.00 bits per heavy atom. The summed E-state index contributed by atoms with van der Waals surface area (Å²) in [6.07, 6.45) is 1.46. The van der Waals surface area contributed by atoms with Gasteiger partial charge in [-0.25, -0.2) is 4.98 Å². The van der Waals surface area contributed by atoms with Crippen molar-refractivity contribution < 1.29 is 18.7 Å². The molecule has 1 amide bonds. The molecule has 0 bridgehead atoms. The molecule has 0 spiro atoms. The first-order chi connectivity index (χ1) is 12.7. The summed E-state index contributed by atoms with van der Waals surface area (Å²) in [6.45, 7) is 0.735. The zero-order valence-corrected chi connectivity index (χ0v) is 14.7. The minimum absolute atomic E-state index is 0.0964. The van der Waals surface area contributed by atoms with Crippen molar-refractivity contribution in [1.29, 1.82) is 0 Å². The lowest BCUT2D eigenvalue weighted by atomic mass is 10.3. The van der Waals surface area contributed by atoms with E-state index in [1.165, 1.54) is 11.8 Å². The first kappa shape index (κ1) is 16.7. The van der Waals surface area contributed by atoms with Crippen LogP contribution in [-0.4, -0.2) is 29.2 Å². The van der Waals surface area contributed by atoms with Crippen molar-refractivity contribution in [2.75, 3.05) is 17.2 Å². The third-order valence-electron chi connectivity index (χ3n) is 4.04. The number of anilines is 1. The highest BCUT2D eigenvalue weighted by Crippen LogP contribution is 2.25. The maximum atomic E-state index is 12.0. The first-order valence-electron chi connectivity index (χ1n) is 8.28.